The summed E-state index contributed by atoms with van der Waals surface area (Å²) in [5, 5.41) is 18.1. The first-order chi connectivity index (χ1) is 9.56. The van der Waals surface area contributed by atoms with E-state index in [1.165, 1.54) is 6.26 Å². The highest BCUT2D eigenvalue weighted by Gasteiger charge is 2.12. The van der Waals surface area contributed by atoms with Crippen LogP contribution in [0.4, 0.5) is 0 Å². The average molecular weight is 272 g/mol. The molecule has 0 aliphatic carbocycles. The quantitative estimate of drug-likeness (QED) is 0.496. The van der Waals surface area contributed by atoms with Crippen molar-refractivity contribution in [2.45, 2.75) is 6.42 Å². The first-order valence-electron chi connectivity index (χ1n) is 5.86. The molecular formula is C15H12O5. The highest BCUT2D eigenvalue weighted by atomic mass is 16.4. The average Bonchev–Trinajstić information content (AvgIpc) is 2.88. The molecule has 0 saturated heterocycles. The molecule has 2 N–H and O–H groups in total. The number of aliphatic hydroxyl groups excluding tert-OH is 1. The predicted molar refractivity (Wildman–Crippen MR) is 71.2 cm³/mol. The maximum Gasteiger partial charge on any atom is 0.376 e. The zero-order valence-electron chi connectivity index (χ0n) is 10.4. The van der Waals surface area contributed by atoms with Gasteiger partial charge in [0.2, 0.25) is 0 Å². The van der Waals surface area contributed by atoms with Gasteiger partial charge in [-0.2, -0.15) is 0 Å². The third-order valence-corrected chi connectivity index (χ3v) is 2.65. The number of carbonyl (C=O) groups is 2. The van der Waals surface area contributed by atoms with Gasteiger partial charge in [0.1, 0.15) is 17.8 Å². The molecule has 0 saturated carbocycles. The van der Waals surface area contributed by atoms with Crippen LogP contribution in [0.15, 0.2) is 53.2 Å². The van der Waals surface area contributed by atoms with Gasteiger partial charge in [0.15, 0.2) is 0 Å². The molecule has 5 nitrogen and oxygen atoms in total. The molecule has 1 aromatic carbocycles. The van der Waals surface area contributed by atoms with E-state index < -0.39 is 17.5 Å². The van der Waals surface area contributed by atoms with Crippen LogP contribution in [0.3, 0.4) is 0 Å². The summed E-state index contributed by atoms with van der Waals surface area (Å²) in [5.41, 5.74) is 1.31. The number of carboxylic acid groups (broad SMARTS) is 1. The molecule has 5 heteroatoms. The Hall–Kier alpha value is -2.82. The minimum atomic E-state index is -1.62. The summed E-state index contributed by atoms with van der Waals surface area (Å²) in [4.78, 5) is 21.3. The van der Waals surface area contributed by atoms with Crippen LogP contribution in [0.1, 0.15) is 16.9 Å². The Labute approximate surface area is 114 Å². The topological polar surface area (TPSA) is 87.7 Å². The van der Waals surface area contributed by atoms with E-state index in [9.17, 15) is 14.7 Å². The molecule has 0 unspecified atom stereocenters. The normalized spacial score (nSPS) is 11.3. The van der Waals surface area contributed by atoms with E-state index in [-0.39, 0.29) is 5.56 Å². The van der Waals surface area contributed by atoms with Gasteiger partial charge in [-0.25, -0.2) is 4.79 Å². The molecule has 0 aliphatic rings. The number of rotatable bonds is 5. The second-order valence-electron chi connectivity index (χ2n) is 4.16. The van der Waals surface area contributed by atoms with Gasteiger partial charge in [-0.1, -0.05) is 30.3 Å². The lowest BCUT2D eigenvalue weighted by Gasteiger charge is -1.96. The van der Waals surface area contributed by atoms with Crippen molar-refractivity contribution in [3.8, 4) is 0 Å². The van der Waals surface area contributed by atoms with Crippen molar-refractivity contribution in [3.63, 3.8) is 0 Å². The number of hydrogen-bond donors (Lipinski definition) is 2. The number of hydrogen-bond acceptors (Lipinski definition) is 4. The molecule has 0 bridgehead atoms. The van der Waals surface area contributed by atoms with Gasteiger partial charge in [0, 0.05) is 12.5 Å². The van der Waals surface area contributed by atoms with Gasteiger partial charge >= 0.3 is 5.97 Å². The van der Waals surface area contributed by atoms with E-state index in [0.717, 1.165) is 5.56 Å². The number of furan rings is 1. The van der Waals surface area contributed by atoms with E-state index in [4.69, 9.17) is 9.52 Å². The van der Waals surface area contributed by atoms with Crippen molar-refractivity contribution in [2.75, 3.05) is 0 Å². The zero-order chi connectivity index (χ0) is 14.5. The summed E-state index contributed by atoms with van der Waals surface area (Å²) in [6.07, 6.45) is 2.47. The Kier molecular flexibility index (Phi) is 4.00. The summed E-state index contributed by atoms with van der Waals surface area (Å²) in [6.45, 7) is 0. The van der Waals surface area contributed by atoms with Crippen LogP contribution in [-0.4, -0.2) is 22.0 Å². The molecule has 2 rings (SSSR count). The SMILES string of the molecule is O=C(O)C(=O)C=C(O)c1coc(Cc2ccccc2)c1. The van der Waals surface area contributed by atoms with Crippen molar-refractivity contribution >= 4 is 17.5 Å². The number of aliphatic carboxylic acids is 1. The van der Waals surface area contributed by atoms with Crippen molar-refractivity contribution in [2.24, 2.45) is 0 Å². The summed E-state index contributed by atoms with van der Waals surface area (Å²) >= 11 is 0. The van der Waals surface area contributed by atoms with Crippen LogP contribution in [0.5, 0.6) is 0 Å². The standard InChI is InChI=1S/C15H12O5/c16-13(8-14(17)15(18)19)11-7-12(20-9-11)6-10-4-2-1-3-5-10/h1-5,7-9,16H,6H2,(H,18,19). The van der Waals surface area contributed by atoms with Crippen LogP contribution in [0.25, 0.3) is 5.76 Å². The molecule has 0 atom stereocenters. The molecule has 102 valence electrons. The minimum Gasteiger partial charge on any atom is -0.507 e. The fraction of sp³-hybridized carbons (Fsp3) is 0.0667. The molecular weight excluding hydrogens is 260 g/mol. The van der Waals surface area contributed by atoms with Crippen molar-refractivity contribution in [1.29, 1.82) is 0 Å². The van der Waals surface area contributed by atoms with Gasteiger partial charge in [-0.15, -0.1) is 0 Å². The molecule has 0 aliphatic heterocycles. The van der Waals surface area contributed by atoms with Crippen LogP contribution in [-0.2, 0) is 16.0 Å². The number of carboxylic acids is 1. The number of benzene rings is 1. The summed E-state index contributed by atoms with van der Waals surface area (Å²) in [6, 6.07) is 11.2. The zero-order valence-corrected chi connectivity index (χ0v) is 10.4. The lowest BCUT2D eigenvalue weighted by molar-refractivity contribution is -0.146. The van der Waals surface area contributed by atoms with E-state index in [2.05, 4.69) is 0 Å². The van der Waals surface area contributed by atoms with E-state index >= 15 is 0 Å². The lowest BCUT2D eigenvalue weighted by Crippen LogP contribution is -2.09. The van der Waals surface area contributed by atoms with Gasteiger partial charge in [0.25, 0.3) is 5.78 Å². The largest absolute Gasteiger partial charge is 0.507 e. The Morgan fingerprint density at radius 2 is 1.85 bits per heavy atom. The third kappa shape index (κ3) is 3.35. The summed E-state index contributed by atoms with van der Waals surface area (Å²) < 4.78 is 5.27. The van der Waals surface area contributed by atoms with Gasteiger partial charge < -0.3 is 14.6 Å². The van der Waals surface area contributed by atoms with Crippen molar-refractivity contribution in [3.05, 3.63) is 65.6 Å². The van der Waals surface area contributed by atoms with Crippen molar-refractivity contribution in [1.82, 2.24) is 0 Å². The Morgan fingerprint density at radius 1 is 1.15 bits per heavy atom. The maximum absolute atomic E-state index is 11.0. The monoisotopic (exact) mass is 272 g/mol. The number of carbonyl (C=O) groups excluding carboxylic acids is 1. The van der Waals surface area contributed by atoms with E-state index in [1.807, 2.05) is 30.3 Å². The molecule has 2 aromatic rings. The highest BCUT2D eigenvalue weighted by molar-refractivity contribution is 6.38. The van der Waals surface area contributed by atoms with Gasteiger partial charge in [-0.3, -0.25) is 4.79 Å². The fourth-order valence-electron chi connectivity index (χ4n) is 1.67. The molecule has 0 spiro atoms. The minimum absolute atomic E-state index is 0.269. The third-order valence-electron chi connectivity index (χ3n) is 2.65. The van der Waals surface area contributed by atoms with Crippen LogP contribution < -0.4 is 0 Å². The molecule has 1 aromatic heterocycles. The number of aliphatic hydroxyl groups is 1. The smallest absolute Gasteiger partial charge is 0.376 e. The summed E-state index contributed by atoms with van der Waals surface area (Å²) in [7, 11) is 0. The Morgan fingerprint density at radius 3 is 2.50 bits per heavy atom. The fourth-order valence-corrected chi connectivity index (χ4v) is 1.67. The lowest BCUT2D eigenvalue weighted by atomic mass is 10.1. The molecule has 20 heavy (non-hydrogen) atoms. The van der Waals surface area contributed by atoms with E-state index in [1.54, 1.807) is 6.07 Å². The van der Waals surface area contributed by atoms with Gasteiger partial charge in [0.05, 0.1) is 5.56 Å². The molecule has 1 heterocycles. The maximum atomic E-state index is 11.0. The van der Waals surface area contributed by atoms with Crippen LogP contribution in [0.2, 0.25) is 0 Å². The Balaban J connectivity index is 2.13. The molecule has 0 amide bonds. The van der Waals surface area contributed by atoms with E-state index in [0.29, 0.717) is 18.3 Å². The highest BCUT2D eigenvalue weighted by Crippen LogP contribution is 2.18. The number of ketones is 1. The first-order valence-corrected chi connectivity index (χ1v) is 5.86. The first kappa shape index (κ1) is 13.6. The molecule has 0 fully saturated rings. The molecule has 0 radical (unpaired) electrons. The van der Waals surface area contributed by atoms with Gasteiger partial charge in [-0.05, 0) is 11.6 Å². The van der Waals surface area contributed by atoms with Crippen LogP contribution >= 0.6 is 0 Å². The summed E-state index contributed by atoms with van der Waals surface area (Å²) in [5.74, 6) is -2.63. The second kappa shape index (κ2) is 5.88. The Bertz CT molecular complexity index is 652. The predicted octanol–water partition coefficient (Wildman–Crippen LogP) is 2.42. The van der Waals surface area contributed by atoms with Crippen molar-refractivity contribution < 1.29 is 24.2 Å². The van der Waals surface area contributed by atoms with Crippen LogP contribution in [0, 0.1) is 0 Å². The second-order valence-corrected chi connectivity index (χ2v) is 4.16.